The summed E-state index contributed by atoms with van der Waals surface area (Å²) in [6, 6.07) is -1.06. The molecule has 11 nitrogen and oxygen atoms in total. The van der Waals surface area contributed by atoms with E-state index in [1.54, 1.807) is 6.08 Å². The van der Waals surface area contributed by atoms with E-state index in [9.17, 15) is 35.1 Å². The van der Waals surface area contributed by atoms with Gasteiger partial charge in [0, 0.05) is 6.42 Å². The van der Waals surface area contributed by atoms with Gasteiger partial charge in [0.05, 0.1) is 25.4 Å². The van der Waals surface area contributed by atoms with Crippen molar-refractivity contribution in [2.75, 3.05) is 13.2 Å². The lowest BCUT2D eigenvalue weighted by atomic mass is 9.99. The summed E-state index contributed by atoms with van der Waals surface area (Å²) in [5.41, 5.74) is 0. The SMILES string of the molecule is CCCCC/C=C\C/C=C\C/C=C\C/C=C\CCC(O)C(=O)NC(COC1OC(CO)C(O)C(O)C1OC(=O)CCCCC/C=C\CCCCCCCCC)C(O)/C=C/CCCCCCCCCCCC. The van der Waals surface area contributed by atoms with E-state index in [-0.39, 0.29) is 19.4 Å². The van der Waals surface area contributed by atoms with Crippen LogP contribution < -0.4 is 5.32 Å². The van der Waals surface area contributed by atoms with Crippen LogP contribution in [-0.4, -0.2) is 99.6 Å². The lowest BCUT2D eigenvalue weighted by Crippen LogP contribution is -2.61. The number of unbranched alkanes of at least 4 members (excludes halogenated alkanes) is 23. The molecule has 8 unspecified atom stereocenters. The van der Waals surface area contributed by atoms with Crippen LogP contribution in [0.1, 0.15) is 233 Å². The Kier molecular flexibility index (Phi) is 44.8. The minimum absolute atomic E-state index is 0.0946. The summed E-state index contributed by atoms with van der Waals surface area (Å²) in [4.78, 5) is 26.4. The summed E-state index contributed by atoms with van der Waals surface area (Å²) in [5.74, 6) is -1.27. The number of amides is 1. The number of allylic oxidation sites excluding steroid dienone is 11. The highest BCUT2D eigenvalue weighted by Gasteiger charge is 2.47. The lowest BCUT2D eigenvalue weighted by molar-refractivity contribution is -0.305. The first-order valence-corrected chi connectivity index (χ1v) is 28.7. The molecule has 0 aromatic heterocycles. The topological polar surface area (TPSA) is 175 Å². The number of rotatable bonds is 47. The third kappa shape index (κ3) is 36.6. The minimum Gasteiger partial charge on any atom is -0.454 e. The molecule has 11 heteroatoms. The van der Waals surface area contributed by atoms with Gasteiger partial charge in [-0.3, -0.25) is 9.59 Å². The number of esters is 1. The van der Waals surface area contributed by atoms with E-state index in [1.807, 2.05) is 18.2 Å². The molecule has 6 N–H and O–H groups in total. The van der Waals surface area contributed by atoms with Gasteiger partial charge < -0.3 is 45.1 Å². The third-order valence-corrected chi connectivity index (χ3v) is 13.1. The molecule has 0 aliphatic carbocycles. The van der Waals surface area contributed by atoms with Crippen LogP contribution in [0.15, 0.2) is 72.9 Å². The molecular formula is C60H105NO10. The van der Waals surface area contributed by atoms with E-state index in [0.717, 1.165) is 77.0 Å². The molecule has 0 spiro atoms. The quantitative estimate of drug-likeness (QED) is 0.0196. The molecule has 0 radical (unpaired) electrons. The summed E-state index contributed by atoms with van der Waals surface area (Å²) in [6.07, 6.45) is 49.5. The van der Waals surface area contributed by atoms with Gasteiger partial charge in [-0.25, -0.2) is 0 Å². The fourth-order valence-electron chi connectivity index (χ4n) is 8.46. The Balaban J connectivity index is 2.80. The first-order chi connectivity index (χ1) is 34.7. The van der Waals surface area contributed by atoms with Crippen molar-refractivity contribution in [1.29, 1.82) is 0 Å². The van der Waals surface area contributed by atoms with Gasteiger partial charge in [0.1, 0.15) is 24.4 Å². The maximum absolute atomic E-state index is 13.3. The summed E-state index contributed by atoms with van der Waals surface area (Å²) >= 11 is 0. The van der Waals surface area contributed by atoms with E-state index in [4.69, 9.17) is 14.2 Å². The van der Waals surface area contributed by atoms with Gasteiger partial charge in [0.2, 0.25) is 5.91 Å². The molecule has 0 bridgehead atoms. The predicted octanol–water partition coefficient (Wildman–Crippen LogP) is 12.8. The molecule has 1 aliphatic rings. The Bertz CT molecular complexity index is 1430. The highest BCUT2D eigenvalue weighted by atomic mass is 16.7. The maximum atomic E-state index is 13.3. The number of aliphatic hydroxyl groups is 5. The second-order valence-corrected chi connectivity index (χ2v) is 19.7. The van der Waals surface area contributed by atoms with E-state index < -0.39 is 67.4 Å². The molecule has 1 amide bonds. The Morgan fingerprint density at radius 3 is 1.49 bits per heavy atom. The van der Waals surface area contributed by atoms with E-state index in [0.29, 0.717) is 12.8 Å². The molecule has 8 atom stereocenters. The highest BCUT2D eigenvalue weighted by Crippen LogP contribution is 2.26. The highest BCUT2D eigenvalue weighted by molar-refractivity contribution is 5.80. The molecule has 71 heavy (non-hydrogen) atoms. The summed E-state index contributed by atoms with van der Waals surface area (Å²) < 4.78 is 17.5. The van der Waals surface area contributed by atoms with Crippen LogP contribution in [0.25, 0.3) is 0 Å². The van der Waals surface area contributed by atoms with Gasteiger partial charge >= 0.3 is 5.97 Å². The van der Waals surface area contributed by atoms with Crippen LogP contribution in [0.5, 0.6) is 0 Å². The summed E-state index contributed by atoms with van der Waals surface area (Å²) in [5, 5.41) is 56.7. The normalized spacial score (nSPS) is 20.1. The molecule has 1 saturated heterocycles. The van der Waals surface area contributed by atoms with Gasteiger partial charge in [-0.1, -0.05) is 209 Å². The van der Waals surface area contributed by atoms with Crippen molar-refractivity contribution in [1.82, 2.24) is 5.32 Å². The van der Waals surface area contributed by atoms with Crippen LogP contribution in [0.2, 0.25) is 0 Å². The number of hydrogen-bond acceptors (Lipinski definition) is 10. The second-order valence-electron chi connectivity index (χ2n) is 19.7. The molecule has 1 heterocycles. The maximum Gasteiger partial charge on any atom is 0.306 e. The van der Waals surface area contributed by atoms with Crippen LogP contribution >= 0.6 is 0 Å². The van der Waals surface area contributed by atoms with Gasteiger partial charge in [-0.05, 0) is 89.9 Å². The van der Waals surface area contributed by atoms with Crippen molar-refractivity contribution in [3.05, 3.63) is 72.9 Å². The largest absolute Gasteiger partial charge is 0.454 e. The lowest BCUT2D eigenvalue weighted by Gasteiger charge is -2.41. The van der Waals surface area contributed by atoms with Crippen molar-refractivity contribution >= 4 is 11.9 Å². The van der Waals surface area contributed by atoms with Crippen molar-refractivity contribution in [3.8, 4) is 0 Å². The average molecular weight is 1000 g/mol. The standard InChI is InChI=1S/C60H105NO10/c1-4-7-10-13-16-19-22-25-27-28-29-32-35-38-41-44-47-53(64)59(68)61-51(52(63)46-43-40-37-34-31-24-21-18-15-12-9-6-3)50-69-60-58(57(67)56(66)54(49-62)70-60)71-55(65)48-45-42-39-36-33-30-26-23-20-17-14-11-8-5-2/h16,19,25,27,29-30,32-33,38,41,43,46,51-54,56-58,60,62-64,66-67H,4-15,17-18,20-24,26,28,31,34-37,39-40,42,44-45,47-50H2,1-3H3,(H,61,68)/b19-16-,27-25-,32-29-,33-30-,41-38-,46-43+. The molecule has 1 aliphatic heterocycles. The van der Waals surface area contributed by atoms with E-state index >= 15 is 0 Å². The van der Waals surface area contributed by atoms with E-state index in [2.05, 4.69) is 74.7 Å². The molecular weight excluding hydrogens is 895 g/mol. The monoisotopic (exact) mass is 1000 g/mol. The Hall–Kier alpha value is -2.90. The molecule has 1 fully saturated rings. The second kappa shape index (κ2) is 48.1. The van der Waals surface area contributed by atoms with Crippen molar-refractivity contribution < 1.29 is 49.3 Å². The number of hydrogen-bond donors (Lipinski definition) is 6. The molecule has 410 valence electrons. The Labute approximate surface area is 432 Å². The Morgan fingerprint density at radius 2 is 0.972 bits per heavy atom. The van der Waals surface area contributed by atoms with Crippen LogP contribution in [-0.2, 0) is 23.8 Å². The zero-order chi connectivity index (χ0) is 51.8. The summed E-state index contributed by atoms with van der Waals surface area (Å²) in [7, 11) is 0. The van der Waals surface area contributed by atoms with Crippen LogP contribution in [0.3, 0.4) is 0 Å². The fourth-order valence-corrected chi connectivity index (χ4v) is 8.46. The van der Waals surface area contributed by atoms with E-state index in [1.165, 1.54) is 109 Å². The minimum atomic E-state index is -1.63. The van der Waals surface area contributed by atoms with Crippen LogP contribution in [0.4, 0.5) is 0 Å². The predicted molar refractivity (Wildman–Crippen MR) is 292 cm³/mol. The van der Waals surface area contributed by atoms with Gasteiger partial charge in [0.25, 0.3) is 0 Å². The molecule has 0 saturated carbocycles. The smallest absolute Gasteiger partial charge is 0.306 e. The van der Waals surface area contributed by atoms with Crippen LogP contribution in [0, 0.1) is 0 Å². The van der Waals surface area contributed by atoms with Crippen molar-refractivity contribution in [2.24, 2.45) is 0 Å². The average Bonchev–Trinajstić information content (AvgIpc) is 3.37. The number of nitrogens with one attached hydrogen (secondary N) is 1. The molecule has 0 aromatic carbocycles. The Morgan fingerprint density at radius 1 is 0.549 bits per heavy atom. The van der Waals surface area contributed by atoms with Crippen molar-refractivity contribution in [3.63, 3.8) is 0 Å². The number of carbonyl (C=O) groups is 2. The number of aliphatic hydroxyl groups excluding tert-OH is 5. The van der Waals surface area contributed by atoms with Gasteiger partial charge in [-0.2, -0.15) is 0 Å². The van der Waals surface area contributed by atoms with Gasteiger partial charge in [0.15, 0.2) is 12.4 Å². The first-order valence-electron chi connectivity index (χ1n) is 28.7. The zero-order valence-electron chi connectivity index (χ0n) is 45.1. The summed E-state index contributed by atoms with van der Waals surface area (Å²) in [6.45, 7) is 5.69. The first kappa shape index (κ1) is 66.1. The number of carbonyl (C=O) groups excluding carboxylic acids is 2. The van der Waals surface area contributed by atoms with Gasteiger partial charge in [-0.15, -0.1) is 0 Å². The molecule has 0 aromatic rings. The fraction of sp³-hybridized carbons (Fsp3) is 0.767. The zero-order valence-corrected chi connectivity index (χ0v) is 45.1. The number of ether oxygens (including phenoxy) is 3. The third-order valence-electron chi connectivity index (χ3n) is 13.1. The molecule has 1 rings (SSSR count). The van der Waals surface area contributed by atoms with Crippen molar-refractivity contribution in [2.45, 2.75) is 282 Å².